The van der Waals surface area contributed by atoms with Gasteiger partial charge in [-0.15, -0.1) is 0 Å². The summed E-state index contributed by atoms with van der Waals surface area (Å²) in [6.45, 7) is 6.61. The molecule has 3 aromatic carbocycles. The summed E-state index contributed by atoms with van der Waals surface area (Å²) in [6.07, 6.45) is 1.68. The number of hydrogen-bond donors (Lipinski definition) is 3. The van der Waals surface area contributed by atoms with Crippen molar-refractivity contribution >= 4 is 55.8 Å². The smallest absolute Gasteiger partial charge is 0.229 e. The van der Waals surface area contributed by atoms with Gasteiger partial charge in [0.25, 0.3) is 0 Å². The number of hydrogen-bond acceptors (Lipinski definition) is 8. The Morgan fingerprint density at radius 1 is 0.902 bits per heavy atom. The van der Waals surface area contributed by atoms with Gasteiger partial charge in [0.2, 0.25) is 21.9 Å². The second-order valence-corrected chi connectivity index (χ2v) is 12.7. The Bertz CT molecular complexity index is 1790. The molecule has 11 heteroatoms. The van der Waals surface area contributed by atoms with Crippen LogP contribution in [0.15, 0.2) is 79.0 Å². The van der Waals surface area contributed by atoms with Crippen LogP contribution in [0, 0.1) is 0 Å². The summed E-state index contributed by atoms with van der Waals surface area (Å²) in [7, 11) is 0.347. The van der Waals surface area contributed by atoms with Crippen LogP contribution in [0.3, 0.4) is 0 Å². The Morgan fingerprint density at radius 2 is 1.56 bits per heavy atom. The minimum Gasteiger partial charge on any atom is -0.329 e. The largest absolute Gasteiger partial charge is 0.329 e. The third-order valence-corrected chi connectivity index (χ3v) is 7.56. The number of imidazole rings is 1. The molecule has 0 atom stereocenters. The van der Waals surface area contributed by atoms with Crippen molar-refractivity contribution in [3.8, 4) is 0 Å². The fourth-order valence-corrected chi connectivity index (χ4v) is 5.12. The summed E-state index contributed by atoms with van der Waals surface area (Å²) >= 11 is 0. The number of aromatic nitrogens is 4. The first-order valence-corrected chi connectivity index (χ1v) is 14.8. The lowest BCUT2D eigenvalue weighted by Gasteiger charge is -2.19. The molecular formula is C30H34N8O2S. The Hall–Kier alpha value is -4.48. The van der Waals surface area contributed by atoms with Crippen LogP contribution in [0.1, 0.15) is 31.9 Å². The van der Waals surface area contributed by atoms with E-state index in [1.807, 2.05) is 47.8 Å². The van der Waals surface area contributed by atoms with Crippen molar-refractivity contribution in [3.63, 3.8) is 0 Å². The standard InChI is InChI=1S/C30H34N8O2S/c1-30(2,3)21-8-12-23(13-9-21)34-29-35-25-18-24(14-15-26(25)38(29)5)37(4)27-16-17-32-28(36-27)33-22-10-6-20(7-11-22)19-41(31,39)40/h6-18H,19H2,1-5H3,(H,34,35)(H2,31,39,40)(H,32,33,36). The first-order chi connectivity index (χ1) is 19.4. The molecule has 0 amide bonds. The van der Waals surface area contributed by atoms with Gasteiger partial charge in [0.05, 0.1) is 16.8 Å². The number of nitrogens with one attached hydrogen (secondary N) is 2. The van der Waals surface area contributed by atoms with Gasteiger partial charge in [0, 0.05) is 37.4 Å². The fraction of sp³-hybridized carbons (Fsp3) is 0.233. The van der Waals surface area contributed by atoms with E-state index in [0.29, 0.717) is 17.3 Å². The quantitative estimate of drug-likeness (QED) is 0.216. The van der Waals surface area contributed by atoms with Crippen molar-refractivity contribution in [2.45, 2.75) is 31.9 Å². The monoisotopic (exact) mass is 570 g/mol. The van der Waals surface area contributed by atoms with E-state index in [-0.39, 0.29) is 11.2 Å². The third-order valence-electron chi connectivity index (χ3n) is 6.82. The molecule has 0 bridgehead atoms. The Kier molecular flexibility index (Phi) is 7.41. The van der Waals surface area contributed by atoms with Crippen molar-refractivity contribution in [3.05, 3.63) is 90.1 Å². The van der Waals surface area contributed by atoms with E-state index in [9.17, 15) is 8.42 Å². The summed E-state index contributed by atoms with van der Waals surface area (Å²) in [5.74, 6) is 1.65. The van der Waals surface area contributed by atoms with Crippen LogP contribution < -0.4 is 20.7 Å². The van der Waals surface area contributed by atoms with Gasteiger partial charge in [0.15, 0.2) is 0 Å². The average Bonchev–Trinajstić information content (AvgIpc) is 3.22. The lowest BCUT2D eigenvalue weighted by Crippen LogP contribution is -2.14. The molecule has 0 fully saturated rings. The van der Waals surface area contributed by atoms with Crippen LogP contribution in [0.2, 0.25) is 0 Å². The predicted octanol–water partition coefficient (Wildman–Crippen LogP) is 5.70. The number of aryl methyl sites for hydroxylation is 1. The first kappa shape index (κ1) is 28.1. The molecule has 5 aromatic rings. The molecule has 0 saturated heterocycles. The minimum absolute atomic E-state index is 0.0999. The zero-order valence-corrected chi connectivity index (χ0v) is 24.6. The summed E-state index contributed by atoms with van der Waals surface area (Å²) in [5, 5.41) is 11.7. The second-order valence-electron chi connectivity index (χ2n) is 11.0. The van der Waals surface area contributed by atoms with E-state index >= 15 is 0 Å². The maximum Gasteiger partial charge on any atom is 0.229 e. The molecule has 4 N–H and O–H groups in total. The van der Waals surface area contributed by atoms with Crippen molar-refractivity contribution in [2.75, 3.05) is 22.6 Å². The van der Waals surface area contributed by atoms with Gasteiger partial charge in [-0.05, 0) is 65.1 Å². The van der Waals surface area contributed by atoms with Crippen molar-refractivity contribution in [1.82, 2.24) is 19.5 Å². The van der Waals surface area contributed by atoms with Gasteiger partial charge >= 0.3 is 0 Å². The number of fused-ring (bicyclic) bond motifs is 1. The van der Waals surface area contributed by atoms with Gasteiger partial charge in [0.1, 0.15) is 5.82 Å². The van der Waals surface area contributed by atoms with E-state index < -0.39 is 10.0 Å². The molecule has 0 aliphatic carbocycles. The lowest BCUT2D eigenvalue weighted by atomic mass is 9.87. The highest BCUT2D eigenvalue weighted by Crippen LogP contribution is 2.30. The average molecular weight is 571 g/mol. The number of nitrogens with zero attached hydrogens (tertiary/aromatic N) is 5. The predicted molar refractivity (Wildman–Crippen MR) is 166 cm³/mol. The molecule has 0 aliphatic heterocycles. The van der Waals surface area contributed by atoms with E-state index in [1.165, 1.54) is 5.56 Å². The van der Waals surface area contributed by atoms with Gasteiger partial charge in [-0.3, -0.25) is 0 Å². The topological polar surface area (TPSA) is 131 Å². The fourth-order valence-electron chi connectivity index (χ4n) is 4.47. The molecule has 0 unspecified atom stereocenters. The molecule has 0 saturated carbocycles. The maximum absolute atomic E-state index is 11.3. The lowest BCUT2D eigenvalue weighted by molar-refractivity contribution is 0.590. The third kappa shape index (κ3) is 6.64. The minimum atomic E-state index is -3.59. The number of benzene rings is 3. The number of nitrogens with two attached hydrogens (primary N) is 1. The highest BCUT2D eigenvalue weighted by Gasteiger charge is 2.15. The van der Waals surface area contributed by atoms with E-state index in [2.05, 4.69) is 65.6 Å². The molecule has 10 nitrogen and oxygen atoms in total. The molecule has 212 valence electrons. The zero-order chi connectivity index (χ0) is 29.4. The van der Waals surface area contributed by atoms with Crippen LogP contribution in [-0.2, 0) is 28.2 Å². The van der Waals surface area contributed by atoms with Crippen molar-refractivity contribution < 1.29 is 8.42 Å². The van der Waals surface area contributed by atoms with Crippen LogP contribution in [0.4, 0.5) is 34.8 Å². The molecule has 5 rings (SSSR count). The molecule has 0 aliphatic rings. The number of sulfonamides is 1. The Labute approximate surface area is 240 Å². The number of rotatable bonds is 8. The van der Waals surface area contributed by atoms with Crippen LogP contribution in [0.5, 0.6) is 0 Å². The molecule has 0 radical (unpaired) electrons. The highest BCUT2D eigenvalue weighted by atomic mass is 32.2. The SMILES string of the molecule is CN(c1ccc2c(c1)nc(Nc1ccc(C(C)(C)C)cc1)n2C)c1ccnc(Nc2ccc(CS(N)(=O)=O)cc2)n1. The number of anilines is 6. The second kappa shape index (κ2) is 10.8. The highest BCUT2D eigenvalue weighted by molar-refractivity contribution is 7.88. The number of primary sulfonamides is 1. The molecular weight excluding hydrogens is 536 g/mol. The Balaban J connectivity index is 1.32. The van der Waals surface area contributed by atoms with Crippen molar-refractivity contribution in [2.24, 2.45) is 12.2 Å². The van der Waals surface area contributed by atoms with Crippen LogP contribution >= 0.6 is 0 Å². The van der Waals surface area contributed by atoms with Gasteiger partial charge in [-0.2, -0.15) is 4.98 Å². The van der Waals surface area contributed by atoms with Crippen molar-refractivity contribution in [1.29, 1.82) is 0 Å². The maximum atomic E-state index is 11.3. The van der Waals surface area contributed by atoms with Gasteiger partial charge in [-0.25, -0.2) is 23.5 Å². The normalized spacial score (nSPS) is 12.0. The molecule has 41 heavy (non-hydrogen) atoms. The van der Waals surface area contributed by atoms with E-state index in [4.69, 9.17) is 10.1 Å². The molecule has 0 spiro atoms. The van der Waals surface area contributed by atoms with Gasteiger partial charge < -0.3 is 20.1 Å². The molecule has 2 heterocycles. The van der Waals surface area contributed by atoms with Crippen LogP contribution in [0.25, 0.3) is 11.0 Å². The van der Waals surface area contributed by atoms with E-state index in [0.717, 1.165) is 34.0 Å². The van der Waals surface area contributed by atoms with Gasteiger partial charge in [-0.1, -0.05) is 45.0 Å². The first-order valence-electron chi connectivity index (χ1n) is 13.1. The zero-order valence-electron chi connectivity index (χ0n) is 23.8. The summed E-state index contributed by atoms with van der Waals surface area (Å²) in [5.41, 5.74) is 6.48. The summed E-state index contributed by atoms with van der Waals surface area (Å²) in [4.78, 5) is 15.8. The Morgan fingerprint density at radius 3 is 2.22 bits per heavy atom. The summed E-state index contributed by atoms with van der Waals surface area (Å²) < 4.78 is 24.7. The van der Waals surface area contributed by atoms with Crippen LogP contribution in [-0.4, -0.2) is 35.0 Å². The summed E-state index contributed by atoms with van der Waals surface area (Å²) in [6, 6.07) is 23.3. The van der Waals surface area contributed by atoms with E-state index in [1.54, 1.807) is 30.5 Å². The molecule has 2 aromatic heterocycles.